The van der Waals surface area contributed by atoms with Crippen molar-refractivity contribution in [2.24, 2.45) is 5.41 Å². The SMILES string of the molecule is CNCC(CO)(CNPC(c1ccccc1)c1ccccc1)COPC(c1ccccc1)c1ccccc1. The van der Waals surface area contributed by atoms with Crippen molar-refractivity contribution >= 4 is 17.5 Å². The maximum atomic E-state index is 10.6. The first kappa shape index (κ1) is 28.6. The Morgan fingerprint density at radius 2 is 1.08 bits per heavy atom. The van der Waals surface area contributed by atoms with Crippen LogP contribution in [0.3, 0.4) is 0 Å². The zero-order valence-electron chi connectivity index (χ0n) is 21.9. The molecule has 0 radical (unpaired) electrons. The summed E-state index contributed by atoms with van der Waals surface area (Å²) in [6.45, 7) is 1.83. The van der Waals surface area contributed by atoms with Gasteiger partial charge in [0.2, 0.25) is 0 Å². The highest BCUT2D eigenvalue weighted by Crippen LogP contribution is 2.42. The molecule has 0 aliphatic carbocycles. The quantitative estimate of drug-likeness (QED) is 0.149. The number of aliphatic hydroxyl groups is 1. The van der Waals surface area contributed by atoms with Crippen LogP contribution < -0.4 is 10.4 Å². The Morgan fingerprint density at radius 1 is 0.658 bits per heavy atom. The van der Waals surface area contributed by atoms with Gasteiger partial charge in [-0.25, -0.2) is 0 Å². The molecule has 0 heterocycles. The fourth-order valence-electron chi connectivity index (χ4n) is 4.59. The van der Waals surface area contributed by atoms with Crippen LogP contribution in [0.25, 0.3) is 0 Å². The summed E-state index contributed by atoms with van der Waals surface area (Å²) >= 11 is 0. The van der Waals surface area contributed by atoms with Gasteiger partial charge < -0.3 is 14.9 Å². The average Bonchev–Trinajstić information content (AvgIpc) is 2.99. The molecular weight excluding hydrogens is 506 g/mol. The van der Waals surface area contributed by atoms with Crippen LogP contribution >= 0.6 is 17.5 Å². The van der Waals surface area contributed by atoms with E-state index < -0.39 is 5.41 Å². The molecule has 0 fully saturated rings. The van der Waals surface area contributed by atoms with Gasteiger partial charge in [-0.05, 0) is 38.0 Å². The Bertz CT molecular complexity index is 1010. The molecule has 4 nitrogen and oxygen atoms in total. The highest BCUT2D eigenvalue weighted by molar-refractivity contribution is 7.36. The van der Waals surface area contributed by atoms with Crippen LogP contribution in [0.1, 0.15) is 33.6 Å². The van der Waals surface area contributed by atoms with E-state index in [1.165, 1.54) is 22.3 Å². The second-order valence-corrected chi connectivity index (χ2v) is 11.9. The van der Waals surface area contributed by atoms with Crippen molar-refractivity contribution in [3.8, 4) is 0 Å². The first-order valence-electron chi connectivity index (χ1n) is 13.1. The minimum atomic E-state index is -0.426. The van der Waals surface area contributed by atoms with Gasteiger partial charge >= 0.3 is 0 Å². The molecule has 0 bridgehead atoms. The van der Waals surface area contributed by atoms with Gasteiger partial charge in [-0.1, -0.05) is 121 Å². The molecule has 4 aromatic rings. The molecule has 3 N–H and O–H groups in total. The van der Waals surface area contributed by atoms with E-state index in [1.807, 2.05) is 19.2 Å². The molecule has 6 heteroatoms. The zero-order chi connectivity index (χ0) is 26.5. The van der Waals surface area contributed by atoms with E-state index >= 15 is 0 Å². The van der Waals surface area contributed by atoms with Crippen molar-refractivity contribution in [2.75, 3.05) is 33.4 Å². The van der Waals surface area contributed by atoms with E-state index in [0.717, 1.165) is 0 Å². The normalized spacial score (nSPS) is 13.7. The third-order valence-electron chi connectivity index (χ3n) is 6.71. The summed E-state index contributed by atoms with van der Waals surface area (Å²) < 4.78 is 6.43. The van der Waals surface area contributed by atoms with E-state index in [1.54, 1.807) is 0 Å². The van der Waals surface area contributed by atoms with Crippen LogP contribution in [-0.2, 0) is 4.52 Å². The monoisotopic (exact) mass is 544 g/mol. The molecule has 4 rings (SSSR count). The van der Waals surface area contributed by atoms with Crippen molar-refractivity contribution in [1.29, 1.82) is 0 Å². The summed E-state index contributed by atoms with van der Waals surface area (Å²) in [4.78, 5) is 0. The van der Waals surface area contributed by atoms with E-state index in [2.05, 4.69) is 120 Å². The Kier molecular flexibility index (Phi) is 11.5. The molecule has 0 amide bonds. The van der Waals surface area contributed by atoms with Crippen LogP contribution in [0.4, 0.5) is 0 Å². The van der Waals surface area contributed by atoms with Crippen molar-refractivity contribution in [1.82, 2.24) is 10.4 Å². The first-order chi connectivity index (χ1) is 18.7. The molecule has 0 aromatic heterocycles. The lowest BCUT2D eigenvalue weighted by Crippen LogP contribution is -2.46. The number of rotatable bonds is 15. The van der Waals surface area contributed by atoms with E-state index in [9.17, 15) is 5.11 Å². The summed E-state index contributed by atoms with van der Waals surface area (Å²) in [5, 5.41) is 17.6. The number of benzene rings is 4. The maximum absolute atomic E-state index is 10.6. The molecule has 0 spiro atoms. The summed E-state index contributed by atoms with van der Waals surface area (Å²) in [5.41, 5.74) is 5.07. The van der Waals surface area contributed by atoms with E-state index in [4.69, 9.17) is 4.52 Å². The predicted molar refractivity (Wildman–Crippen MR) is 163 cm³/mol. The minimum Gasteiger partial charge on any atom is -0.396 e. The highest BCUT2D eigenvalue weighted by Gasteiger charge is 2.30. The topological polar surface area (TPSA) is 53.5 Å². The second-order valence-electron chi connectivity index (χ2n) is 9.60. The third-order valence-corrected chi connectivity index (χ3v) is 9.26. The van der Waals surface area contributed by atoms with Crippen LogP contribution in [0, 0.1) is 5.41 Å². The highest BCUT2D eigenvalue weighted by atomic mass is 31.1. The van der Waals surface area contributed by atoms with Gasteiger partial charge in [0.1, 0.15) is 0 Å². The molecule has 0 aliphatic heterocycles. The van der Waals surface area contributed by atoms with Crippen LogP contribution in [0.15, 0.2) is 121 Å². The van der Waals surface area contributed by atoms with E-state index in [0.29, 0.717) is 28.4 Å². The Balaban J connectivity index is 1.43. The van der Waals surface area contributed by atoms with Gasteiger partial charge in [-0.15, -0.1) is 0 Å². The van der Waals surface area contributed by atoms with Crippen LogP contribution in [0.2, 0.25) is 0 Å². The van der Waals surface area contributed by atoms with Gasteiger partial charge in [-0.3, -0.25) is 5.09 Å². The molecular formula is C32H38N2O2P2. The van der Waals surface area contributed by atoms with Crippen LogP contribution in [0.5, 0.6) is 0 Å². The maximum Gasteiger partial charge on any atom is 0.0608 e. The van der Waals surface area contributed by atoms with Gasteiger partial charge in [0.05, 0.1) is 18.9 Å². The number of nitrogens with one attached hydrogen (secondary N) is 2. The number of hydrogen-bond donors (Lipinski definition) is 3. The fraction of sp³-hybridized carbons (Fsp3) is 0.250. The third kappa shape index (κ3) is 8.04. The average molecular weight is 545 g/mol. The Hall–Kier alpha value is -2.42. The second kappa shape index (κ2) is 15.2. The predicted octanol–water partition coefficient (Wildman–Crippen LogP) is 6.56. The van der Waals surface area contributed by atoms with Gasteiger partial charge in [0.25, 0.3) is 0 Å². The van der Waals surface area contributed by atoms with Gasteiger partial charge in [0, 0.05) is 33.0 Å². The summed E-state index contributed by atoms with van der Waals surface area (Å²) in [7, 11) is 2.66. The van der Waals surface area contributed by atoms with Crippen molar-refractivity contribution in [3.05, 3.63) is 144 Å². The fourth-order valence-corrected chi connectivity index (χ4v) is 7.20. The molecule has 4 aromatic carbocycles. The lowest BCUT2D eigenvalue weighted by molar-refractivity contribution is 0.0781. The standard InChI is InChI=1S/C32H38N2O2P2/c1-33-22-32(24-35,23-34-37-30(26-14-6-2-7-15-26)27-16-8-3-9-17-27)25-36-38-31(28-18-10-4-11-19-28)29-20-12-5-13-21-29/h2-21,30-31,33-35,37-38H,22-25H2,1H3. The van der Waals surface area contributed by atoms with Crippen molar-refractivity contribution in [2.45, 2.75) is 11.3 Å². The first-order valence-corrected chi connectivity index (χ1v) is 15.1. The molecule has 3 atom stereocenters. The van der Waals surface area contributed by atoms with E-state index in [-0.39, 0.29) is 26.7 Å². The molecule has 0 saturated heterocycles. The zero-order valence-corrected chi connectivity index (χ0v) is 23.9. The lowest BCUT2D eigenvalue weighted by Gasteiger charge is -2.33. The largest absolute Gasteiger partial charge is 0.396 e. The summed E-state index contributed by atoms with van der Waals surface area (Å²) in [6, 6.07) is 42.3. The minimum absolute atomic E-state index is 0.0402. The molecule has 0 aliphatic rings. The Morgan fingerprint density at radius 3 is 1.47 bits per heavy atom. The molecule has 0 saturated carbocycles. The van der Waals surface area contributed by atoms with Gasteiger partial charge in [0.15, 0.2) is 0 Å². The molecule has 3 unspecified atom stereocenters. The summed E-state index contributed by atoms with van der Waals surface area (Å²) in [5.74, 6) is 0. The number of hydrogen-bond acceptors (Lipinski definition) is 4. The van der Waals surface area contributed by atoms with Gasteiger partial charge in [-0.2, -0.15) is 0 Å². The molecule has 198 valence electrons. The van der Waals surface area contributed by atoms with Crippen LogP contribution in [-0.4, -0.2) is 38.5 Å². The lowest BCUT2D eigenvalue weighted by atomic mass is 9.90. The molecule has 38 heavy (non-hydrogen) atoms. The summed E-state index contributed by atoms with van der Waals surface area (Å²) in [6.07, 6.45) is 0. The smallest absolute Gasteiger partial charge is 0.0608 e. The van der Waals surface area contributed by atoms with Crippen molar-refractivity contribution < 1.29 is 9.63 Å². The Labute approximate surface area is 231 Å². The van der Waals surface area contributed by atoms with Crippen molar-refractivity contribution in [3.63, 3.8) is 0 Å². The number of aliphatic hydroxyl groups excluding tert-OH is 1.